The molecule has 4 aromatic rings. The first kappa shape index (κ1) is 14.9. The van der Waals surface area contributed by atoms with Crippen LogP contribution in [0.3, 0.4) is 0 Å². The largest absolute Gasteiger partial charge is 0.302 e. The molecular formula is C17H13N5OS2. The zero-order valence-electron chi connectivity index (χ0n) is 13.0. The third kappa shape index (κ3) is 2.87. The highest BCUT2D eigenvalue weighted by molar-refractivity contribution is 7.99. The summed E-state index contributed by atoms with van der Waals surface area (Å²) in [5.41, 5.74) is 1.72. The monoisotopic (exact) mass is 367 g/mol. The number of pyridine rings is 1. The van der Waals surface area contributed by atoms with Gasteiger partial charge in [0.15, 0.2) is 15.9 Å². The van der Waals surface area contributed by atoms with Crippen molar-refractivity contribution in [2.24, 2.45) is 5.92 Å². The van der Waals surface area contributed by atoms with Crippen molar-refractivity contribution in [3.63, 3.8) is 0 Å². The van der Waals surface area contributed by atoms with Gasteiger partial charge in [-0.25, -0.2) is 4.98 Å². The molecule has 5 rings (SSSR count). The molecular weight excluding hydrogens is 354 g/mol. The molecule has 3 aromatic heterocycles. The number of benzene rings is 1. The Hall–Kier alpha value is -2.45. The SMILES string of the molecule is O=C(Nc1nc2ccc(Sc3nnc4ccccn34)cc2s1)C1CC1. The zero-order valence-corrected chi connectivity index (χ0v) is 14.7. The van der Waals surface area contributed by atoms with Gasteiger partial charge >= 0.3 is 0 Å². The molecule has 0 unspecified atom stereocenters. The normalized spacial score (nSPS) is 14.2. The van der Waals surface area contributed by atoms with Crippen molar-refractivity contribution in [2.45, 2.75) is 22.9 Å². The Morgan fingerprint density at radius 1 is 1.24 bits per heavy atom. The third-order valence-electron chi connectivity index (χ3n) is 4.03. The molecule has 0 atom stereocenters. The Morgan fingerprint density at radius 2 is 2.16 bits per heavy atom. The summed E-state index contributed by atoms with van der Waals surface area (Å²) in [6.45, 7) is 0. The van der Waals surface area contributed by atoms with Gasteiger partial charge in [-0.1, -0.05) is 17.4 Å². The molecule has 6 nitrogen and oxygen atoms in total. The van der Waals surface area contributed by atoms with E-state index in [0.29, 0.717) is 5.13 Å². The summed E-state index contributed by atoms with van der Waals surface area (Å²) in [6.07, 6.45) is 3.93. The van der Waals surface area contributed by atoms with Crippen molar-refractivity contribution in [1.82, 2.24) is 19.6 Å². The second-order valence-corrected chi connectivity index (χ2v) is 8.00. The fourth-order valence-corrected chi connectivity index (χ4v) is 4.41. The summed E-state index contributed by atoms with van der Waals surface area (Å²) in [7, 11) is 0. The number of aromatic nitrogens is 4. The number of nitrogens with zero attached hydrogens (tertiary/aromatic N) is 4. The topological polar surface area (TPSA) is 72.2 Å². The number of carbonyl (C=O) groups is 1. The maximum absolute atomic E-state index is 11.9. The van der Waals surface area contributed by atoms with Gasteiger partial charge in [0.1, 0.15) is 0 Å². The molecule has 0 radical (unpaired) electrons. The molecule has 1 saturated carbocycles. The molecule has 1 fully saturated rings. The van der Waals surface area contributed by atoms with Crippen molar-refractivity contribution < 1.29 is 4.79 Å². The van der Waals surface area contributed by atoms with Crippen LogP contribution in [0.15, 0.2) is 52.6 Å². The van der Waals surface area contributed by atoms with Gasteiger partial charge in [0, 0.05) is 17.0 Å². The molecule has 1 aromatic carbocycles. The van der Waals surface area contributed by atoms with E-state index in [1.807, 2.05) is 40.9 Å². The smallest absolute Gasteiger partial charge is 0.229 e. The van der Waals surface area contributed by atoms with E-state index in [4.69, 9.17) is 0 Å². The van der Waals surface area contributed by atoms with Crippen LogP contribution in [0.4, 0.5) is 5.13 Å². The molecule has 25 heavy (non-hydrogen) atoms. The summed E-state index contributed by atoms with van der Waals surface area (Å²) < 4.78 is 3.01. The fourth-order valence-electron chi connectivity index (χ4n) is 2.57. The van der Waals surface area contributed by atoms with E-state index in [9.17, 15) is 4.79 Å². The summed E-state index contributed by atoms with van der Waals surface area (Å²) in [4.78, 5) is 17.4. The lowest BCUT2D eigenvalue weighted by atomic mass is 10.3. The van der Waals surface area contributed by atoms with E-state index in [1.165, 1.54) is 11.3 Å². The molecule has 1 aliphatic carbocycles. The zero-order chi connectivity index (χ0) is 16.8. The van der Waals surface area contributed by atoms with Gasteiger partial charge in [-0.05, 0) is 54.9 Å². The van der Waals surface area contributed by atoms with E-state index in [1.54, 1.807) is 11.8 Å². The number of nitrogens with one attached hydrogen (secondary N) is 1. The van der Waals surface area contributed by atoms with Crippen LogP contribution in [0, 0.1) is 5.92 Å². The average Bonchev–Trinajstić information content (AvgIpc) is 3.29. The minimum atomic E-state index is 0.0867. The molecule has 0 bridgehead atoms. The van der Waals surface area contributed by atoms with Crippen molar-refractivity contribution in [2.75, 3.05) is 5.32 Å². The summed E-state index contributed by atoms with van der Waals surface area (Å²) in [6, 6.07) is 11.9. The molecule has 3 heterocycles. The Balaban J connectivity index is 1.42. The van der Waals surface area contributed by atoms with Gasteiger partial charge in [0.25, 0.3) is 0 Å². The molecule has 1 amide bonds. The van der Waals surface area contributed by atoms with Gasteiger partial charge in [-0.15, -0.1) is 10.2 Å². The maximum atomic E-state index is 11.9. The van der Waals surface area contributed by atoms with Crippen LogP contribution in [-0.4, -0.2) is 25.5 Å². The number of thiazole rings is 1. The Bertz CT molecular complexity index is 1100. The molecule has 0 spiro atoms. The molecule has 0 saturated heterocycles. The maximum Gasteiger partial charge on any atom is 0.229 e. The Morgan fingerprint density at radius 3 is 3.04 bits per heavy atom. The molecule has 8 heteroatoms. The highest BCUT2D eigenvalue weighted by Crippen LogP contribution is 2.34. The first-order chi connectivity index (χ1) is 12.3. The first-order valence-corrected chi connectivity index (χ1v) is 9.59. The minimum absolute atomic E-state index is 0.0867. The van der Waals surface area contributed by atoms with E-state index in [0.717, 1.165) is 38.8 Å². The van der Waals surface area contributed by atoms with Crippen molar-refractivity contribution >= 4 is 50.0 Å². The Kier molecular flexibility index (Phi) is 3.46. The van der Waals surface area contributed by atoms with Gasteiger partial charge in [0.2, 0.25) is 5.91 Å². The summed E-state index contributed by atoms with van der Waals surface area (Å²) in [5, 5.41) is 12.8. The molecule has 1 N–H and O–H groups in total. The van der Waals surface area contributed by atoms with Crippen molar-refractivity contribution in [1.29, 1.82) is 0 Å². The quantitative estimate of drug-likeness (QED) is 0.593. The minimum Gasteiger partial charge on any atom is -0.302 e. The highest BCUT2D eigenvalue weighted by atomic mass is 32.2. The number of fused-ring (bicyclic) bond motifs is 2. The van der Waals surface area contributed by atoms with E-state index >= 15 is 0 Å². The molecule has 124 valence electrons. The lowest BCUT2D eigenvalue weighted by molar-refractivity contribution is -0.117. The number of anilines is 1. The fraction of sp³-hybridized carbons (Fsp3) is 0.176. The lowest BCUT2D eigenvalue weighted by Crippen LogP contribution is -2.12. The van der Waals surface area contributed by atoms with Gasteiger partial charge in [-0.3, -0.25) is 9.20 Å². The van der Waals surface area contributed by atoms with Crippen molar-refractivity contribution in [3.8, 4) is 0 Å². The summed E-state index contributed by atoms with van der Waals surface area (Å²) in [5.74, 6) is 0.267. The van der Waals surface area contributed by atoms with Crippen LogP contribution in [-0.2, 0) is 4.79 Å². The van der Waals surface area contributed by atoms with Crippen molar-refractivity contribution in [3.05, 3.63) is 42.6 Å². The van der Waals surface area contributed by atoms with Crippen LogP contribution >= 0.6 is 23.1 Å². The first-order valence-electron chi connectivity index (χ1n) is 7.95. The number of carbonyl (C=O) groups excluding carboxylic acids is 1. The van der Waals surface area contributed by atoms with Gasteiger partial charge in [0.05, 0.1) is 10.2 Å². The van der Waals surface area contributed by atoms with Crippen LogP contribution in [0.1, 0.15) is 12.8 Å². The van der Waals surface area contributed by atoms with Gasteiger partial charge < -0.3 is 5.32 Å². The van der Waals surface area contributed by atoms with Crippen LogP contribution in [0.25, 0.3) is 15.9 Å². The summed E-state index contributed by atoms with van der Waals surface area (Å²) >= 11 is 3.06. The average molecular weight is 367 g/mol. The number of rotatable bonds is 4. The standard InChI is InChI=1S/C17H13N5OS2/c23-15(10-4-5-10)19-16-18-12-7-6-11(9-13(12)25-16)24-17-21-20-14-3-1-2-8-22(14)17/h1-3,6-10H,4-5H2,(H,18,19,23). The number of hydrogen-bond acceptors (Lipinski definition) is 6. The molecule has 0 aliphatic heterocycles. The highest BCUT2D eigenvalue weighted by Gasteiger charge is 2.30. The van der Waals surface area contributed by atoms with E-state index < -0.39 is 0 Å². The number of hydrogen-bond donors (Lipinski definition) is 1. The van der Waals surface area contributed by atoms with Crippen LogP contribution in [0.2, 0.25) is 0 Å². The second-order valence-electron chi connectivity index (χ2n) is 5.93. The second kappa shape index (κ2) is 5.82. The van der Waals surface area contributed by atoms with Crippen LogP contribution < -0.4 is 5.32 Å². The lowest BCUT2D eigenvalue weighted by Gasteiger charge is -1.99. The predicted molar refractivity (Wildman–Crippen MR) is 98.1 cm³/mol. The predicted octanol–water partition coefficient (Wildman–Crippen LogP) is 3.84. The van der Waals surface area contributed by atoms with E-state index in [2.05, 4.69) is 26.6 Å². The van der Waals surface area contributed by atoms with E-state index in [-0.39, 0.29) is 11.8 Å². The Labute approximate surface area is 151 Å². The number of amides is 1. The van der Waals surface area contributed by atoms with Crippen LogP contribution in [0.5, 0.6) is 0 Å². The van der Waals surface area contributed by atoms with Gasteiger partial charge in [-0.2, -0.15) is 0 Å². The molecule has 1 aliphatic rings. The third-order valence-corrected chi connectivity index (χ3v) is 5.91.